The van der Waals surface area contributed by atoms with Crippen LogP contribution in [0, 0.1) is 30.6 Å². The molecule has 6 rings (SSSR count). The zero-order valence-electron chi connectivity index (χ0n) is 34.5. The molecule has 2 amide bonds. The predicted molar refractivity (Wildman–Crippen MR) is 213 cm³/mol. The summed E-state index contributed by atoms with van der Waals surface area (Å²) in [6.07, 6.45) is 5.34. The van der Waals surface area contributed by atoms with Crippen molar-refractivity contribution in [1.82, 2.24) is 4.90 Å². The van der Waals surface area contributed by atoms with Gasteiger partial charge in [0.2, 0.25) is 0 Å². The molecule has 15 nitrogen and oxygen atoms in total. The Labute approximate surface area is 338 Å². The van der Waals surface area contributed by atoms with Crippen molar-refractivity contribution >= 4 is 40.0 Å². The highest BCUT2D eigenvalue weighted by atomic mass is 16.7. The number of rotatable bonds is 5. The number of ketones is 1. The van der Waals surface area contributed by atoms with Crippen molar-refractivity contribution in [2.45, 2.75) is 98.4 Å². The lowest BCUT2D eigenvalue weighted by Crippen LogP contribution is -2.46. The molecule has 0 spiro atoms. The summed E-state index contributed by atoms with van der Waals surface area (Å²) in [5.41, 5.74) is 0.0313. The minimum atomic E-state index is -2.01. The maximum absolute atomic E-state index is 14.5. The number of ether oxygens (including phenoxy) is 5. The van der Waals surface area contributed by atoms with Gasteiger partial charge in [-0.15, -0.1) is 0 Å². The number of phenols is 2. The van der Waals surface area contributed by atoms with Crippen LogP contribution in [0.5, 0.6) is 23.0 Å². The number of hydrogen-bond acceptors (Lipinski definition) is 13. The van der Waals surface area contributed by atoms with E-state index in [4.69, 9.17) is 23.7 Å². The summed E-state index contributed by atoms with van der Waals surface area (Å²) in [5.74, 6) is -7.86. The number of hydrogen-bond donors (Lipinski definition) is 5. The fourth-order valence-electron chi connectivity index (χ4n) is 7.95. The molecule has 0 aliphatic carbocycles. The Kier molecular flexibility index (Phi) is 13.5. The van der Waals surface area contributed by atoms with Crippen molar-refractivity contribution in [3.05, 3.63) is 53.3 Å². The molecule has 9 atom stereocenters. The number of nitrogens with one attached hydrogen (secondary N) is 1. The molecule has 9 unspecified atom stereocenters. The molecule has 5 N–H and O–H groups in total. The van der Waals surface area contributed by atoms with Crippen LogP contribution in [0.2, 0.25) is 0 Å². The lowest BCUT2D eigenvalue weighted by molar-refractivity contribution is -0.160. The number of Topliss-reactive ketones (excluding diaryl/α,β-unsaturated/α-hetero) is 1. The van der Waals surface area contributed by atoms with Gasteiger partial charge < -0.3 is 54.3 Å². The van der Waals surface area contributed by atoms with Crippen LogP contribution in [0.3, 0.4) is 0 Å². The van der Waals surface area contributed by atoms with Gasteiger partial charge in [0.25, 0.3) is 17.6 Å². The van der Waals surface area contributed by atoms with Crippen LogP contribution < -0.4 is 14.8 Å². The first-order valence-corrected chi connectivity index (χ1v) is 19.6. The summed E-state index contributed by atoms with van der Waals surface area (Å²) in [6, 6.07) is 1.28. The number of carbonyl (C=O) groups excluding carboxylic acids is 4. The van der Waals surface area contributed by atoms with Gasteiger partial charge in [-0.2, -0.15) is 0 Å². The SMILES string of the molecule is COC1/C=C/OC2(C)Oc3c(C)c(O)c4c(O)c(cc(OCC(=O)N5CCCC5)c4c3C2=O)NC(=O)/C(C)=C/C=C/C(C)C(O)C(C)C(O)C(C)C(OC(C)=O)C1C. The van der Waals surface area contributed by atoms with Crippen LogP contribution in [-0.2, 0) is 28.6 Å². The molecule has 0 saturated carbocycles. The lowest BCUT2D eigenvalue weighted by Gasteiger charge is -2.38. The third kappa shape index (κ3) is 8.66. The second kappa shape index (κ2) is 17.8. The van der Waals surface area contributed by atoms with Gasteiger partial charge in [-0.05, 0) is 32.8 Å². The molecular weight excluding hydrogens is 752 g/mol. The maximum atomic E-state index is 14.5. The number of methoxy groups -OCH3 is 1. The molecule has 2 aromatic rings. The van der Waals surface area contributed by atoms with E-state index in [0.717, 1.165) is 12.8 Å². The smallest absolute Gasteiger partial charge is 0.312 e. The minimum Gasteiger partial charge on any atom is -0.507 e. The Morgan fingerprint density at radius 3 is 2.28 bits per heavy atom. The number of nitrogens with zero attached hydrogens (tertiary/aromatic N) is 1. The van der Waals surface area contributed by atoms with E-state index in [2.05, 4.69) is 5.32 Å². The van der Waals surface area contributed by atoms with Crippen molar-refractivity contribution in [1.29, 1.82) is 0 Å². The number of carbonyl (C=O) groups is 4. The molecule has 2 aromatic carbocycles. The number of phenolic OH excluding ortho intramolecular Hbond substituents is 2. The monoisotopic (exact) mass is 808 g/mol. The number of fused-ring (bicyclic) bond motifs is 14. The van der Waals surface area contributed by atoms with Gasteiger partial charge in [0.1, 0.15) is 23.4 Å². The summed E-state index contributed by atoms with van der Waals surface area (Å²) in [6.45, 7) is 13.3. The van der Waals surface area contributed by atoms with E-state index in [-0.39, 0.29) is 50.6 Å². The largest absolute Gasteiger partial charge is 0.507 e. The van der Waals surface area contributed by atoms with Crippen LogP contribution in [-0.4, -0.2) is 106 Å². The Hall–Kier alpha value is -5.12. The van der Waals surface area contributed by atoms with E-state index in [1.54, 1.807) is 44.7 Å². The number of aliphatic hydroxyl groups excluding tert-OH is 2. The predicted octanol–water partition coefficient (Wildman–Crippen LogP) is 5.05. The number of anilines is 1. The first-order valence-electron chi connectivity index (χ1n) is 19.6. The molecule has 0 radical (unpaired) electrons. The quantitative estimate of drug-likeness (QED) is 0.198. The van der Waals surface area contributed by atoms with Crippen molar-refractivity contribution in [2.24, 2.45) is 23.7 Å². The average molecular weight is 809 g/mol. The molecule has 0 aromatic heterocycles. The van der Waals surface area contributed by atoms with Crippen LogP contribution in [0.15, 0.2) is 42.2 Å². The topological polar surface area (TPSA) is 211 Å². The van der Waals surface area contributed by atoms with Gasteiger partial charge in [-0.25, -0.2) is 0 Å². The molecule has 316 valence electrons. The van der Waals surface area contributed by atoms with Gasteiger partial charge in [0.05, 0.1) is 41.2 Å². The molecule has 4 aliphatic heterocycles. The van der Waals surface area contributed by atoms with Gasteiger partial charge in [-0.1, -0.05) is 45.9 Å². The highest BCUT2D eigenvalue weighted by Crippen LogP contribution is 2.54. The van der Waals surface area contributed by atoms with Gasteiger partial charge in [-0.3, -0.25) is 19.2 Å². The molecule has 5 bridgehead atoms. The van der Waals surface area contributed by atoms with Crippen molar-refractivity contribution in [3.63, 3.8) is 0 Å². The zero-order chi connectivity index (χ0) is 42.8. The van der Waals surface area contributed by atoms with E-state index in [1.807, 2.05) is 0 Å². The van der Waals surface area contributed by atoms with E-state index >= 15 is 0 Å². The highest BCUT2D eigenvalue weighted by molar-refractivity contribution is 6.21. The highest BCUT2D eigenvalue weighted by Gasteiger charge is 2.50. The number of aliphatic hydroxyl groups is 2. The zero-order valence-corrected chi connectivity index (χ0v) is 34.5. The average Bonchev–Trinajstić information content (AvgIpc) is 3.82. The molecule has 4 heterocycles. The Bertz CT molecular complexity index is 2020. The molecule has 15 heteroatoms. The summed E-state index contributed by atoms with van der Waals surface area (Å²) >= 11 is 0. The fourth-order valence-corrected chi connectivity index (χ4v) is 7.95. The standard InChI is InChI=1S/C43H56N2O13/c1-21-13-12-14-22(2)42(53)44-28-19-30(55-20-31(47)45-16-10-11-17-45)32-33(38(28)51)37(50)26(6)40-34(32)41(52)43(8,58-40)56-18-15-29(54-9)23(3)39(57-27(7)46)25(5)36(49)24(4)35(21)48/h12-15,18-19,21,23-25,29,35-36,39,48-51H,10-11,16-17,20H2,1-9H3,(H,44,53)/b13-12+,18-15+,22-14+. The van der Waals surface area contributed by atoms with E-state index in [0.29, 0.717) is 13.1 Å². The Balaban J connectivity index is 1.66. The second-order valence-corrected chi connectivity index (χ2v) is 15.8. The summed E-state index contributed by atoms with van der Waals surface area (Å²) in [4.78, 5) is 55.1. The number of esters is 1. The summed E-state index contributed by atoms with van der Waals surface area (Å²) < 4.78 is 29.7. The third-order valence-corrected chi connectivity index (χ3v) is 11.6. The summed E-state index contributed by atoms with van der Waals surface area (Å²) in [7, 11) is 1.44. The third-order valence-electron chi connectivity index (χ3n) is 11.6. The van der Waals surface area contributed by atoms with E-state index in [9.17, 15) is 39.6 Å². The number of benzene rings is 2. The van der Waals surface area contributed by atoms with Gasteiger partial charge >= 0.3 is 11.8 Å². The van der Waals surface area contributed by atoms with Crippen molar-refractivity contribution in [2.75, 3.05) is 32.1 Å². The van der Waals surface area contributed by atoms with Crippen molar-refractivity contribution < 1.29 is 63.3 Å². The Morgan fingerprint density at radius 1 is 0.966 bits per heavy atom. The first kappa shape index (κ1) is 44.0. The van der Waals surface area contributed by atoms with Crippen LogP contribution in [0.1, 0.15) is 77.2 Å². The number of amides is 2. The van der Waals surface area contributed by atoms with Gasteiger partial charge in [0, 0.05) is 80.3 Å². The molecular formula is C43H56N2O13. The van der Waals surface area contributed by atoms with Crippen LogP contribution in [0.25, 0.3) is 10.8 Å². The minimum absolute atomic E-state index is 0.0474. The van der Waals surface area contributed by atoms with Crippen LogP contribution in [0.4, 0.5) is 5.69 Å². The fraction of sp³-hybridized carbons (Fsp3) is 0.535. The van der Waals surface area contributed by atoms with Crippen LogP contribution >= 0.6 is 0 Å². The molecule has 1 saturated heterocycles. The maximum Gasteiger partial charge on any atom is 0.312 e. The van der Waals surface area contributed by atoms with Gasteiger partial charge in [0.15, 0.2) is 12.4 Å². The molecule has 4 aliphatic rings. The number of allylic oxidation sites excluding steroid dienone is 2. The van der Waals surface area contributed by atoms with Crippen molar-refractivity contribution in [3.8, 4) is 23.0 Å². The van der Waals surface area contributed by atoms with E-state index in [1.165, 1.54) is 59.3 Å². The normalized spacial score (nSPS) is 31.6. The Morgan fingerprint density at radius 2 is 1.64 bits per heavy atom. The second-order valence-electron chi connectivity index (χ2n) is 15.8. The number of aromatic hydroxyl groups is 2. The van der Waals surface area contributed by atoms with E-state index < -0.39 is 89.6 Å². The molecule has 58 heavy (non-hydrogen) atoms. The lowest BCUT2D eigenvalue weighted by atomic mass is 9.78. The first-order chi connectivity index (χ1) is 27.3. The number of likely N-dealkylation sites (tertiary alicyclic amines) is 1. The summed E-state index contributed by atoms with van der Waals surface area (Å²) in [5, 5.41) is 48.4. The molecule has 1 fully saturated rings.